The molecule has 3 rings (SSSR count). The van der Waals surface area contributed by atoms with Gasteiger partial charge in [-0.2, -0.15) is 0 Å². The number of aromatic carboxylic acids is 1. The highest BCUT2D eigenvalue weighted by atomic mass is 35.5. The second-order valence-corrected chi connectivity index (χ2v) is 5.14. The van der Waals surface area contributed by atoms with Crippen molar-refractivity contribution in [2.45, 2.75) is 6.54 Å². The van der Waals surface area contributed by atoms with Crippen molar-refractivity contribution in [2.75, 3.05) is 0 Å². The van der Waals surface area contributed by atoms with Crippen LogP contribution in [0.25, 0.3) is 10.9 Å². The third-order valence-electron chi connectivity index (χ3n) is 3.38. The number of rotatable bonds is 3. The summed E-state index contributed by atoms with van der Waals surface area (Å²) in [6, 6.07) is 11.5. The van der Waals surface area contributed by atoms with E-state index in [0.717, 1.165) is 11.1 Å². The molecule has 0 saturated carbocycles. The zero-order chi connectivity index (χ0) is 15.0. The zero-order valence-electron chi connectivity index (χ0n) is 10.9. The van der Waals surface area contributed by atoms with Gasteiger partial charge in [0.05, 0.1) is 10.6 Å². The topological polar surface area (TPSA) is 42.2 Å². The minimum Gasteiger partial charge on any atom is -0.478 e. The van der Waals surface area contributed by atoms with Gasteiger partial charge in [0.15, 0.2) is 0 Å². The average Bonchev–Trinajstić information content (AvgIpc) is 2.86. The van der Waals surface area contributed by atoms with Gasteiger partial charge in [0.2, 0.25) is 0 Å². The van der Waals surface area contributed by atoms with Crippen LogP contribution < -0.4 is 0 Å². The molecule has 0 atom stereocenters. The maximum Gasteiger partial charge on any atom is 0.336 e. The normalized spacial score (nSPS) is 11.0. The van der Waals surface area contributed by atoms with Crippen molar-refractivity contribution in [1.29, 1.82) is 0 Å². The Labute approximate surface area is 125 Å². The minimum absolute atomic E-state index is 0.0789. The van der Waals surface area contributed by atoms with Crippen molar-refractivity contribution in [3.63, 3.8) is 0 Å². The fraction of sp³-hybridized carbons (Fsp3) is 0.0625. The summed E-state index contributed by atoms with van der Waals surface area (Å²) in [7, 11) is 0. The number of aromatic nitrogens is 1. The van der Waals surface area contributed by atoms with E-state index in [-0.39, 0.29) is 10.6 Å². The number of benzene rings is 2. The summed E-state index contributed by atoms with van der Waals surface area (Å²) < 4.78 is 15.1. The largest absolute Gasteiger partial charge is 0.478 e. The van der Waals surface area contributed by atoms with Crippen molar-refractivity contribution in [3.8, 4) is 0 Å². The van der Waals surface area contributed by atoms with Crippen molar-refractivity contribution in [1.82, 2.24) is 4.57 Å². The number of carbonyl (C=O) groups is 1. The van der Waals surface area contributed by atoms with Gasteiger partial charge >= 0.3 is 5.97 Å². The summed E-state index contributed by atoms with van der Waals surface area (Å²) in [5, 5.41) is 9.94. The molecule has 0 aliphatic heterocycles. The van der Waals surface area contributed by atoms with Gasteiger partial charge in [-0.05, 0) is 35.9 Å². The van der Waals surface area contributed by atoms with E-state index in [1.807, 2.05) is 16.8 Å². The van der Waals surface area contributed by atoms with E-state index in [0.29, 0.717) is 11.9 Å². The Morgan fingerprint density at radius 2 is 2.05 bits per heavy atom. The number of carboxylic acid groups (broad SMARTS) is 1. The van der Waals surface area contributed by atoms with Gasteiger partial charge in [-0.15, -0.1) is 0 Å². The van der Waals surface area contributed by atoms with Gasteiger partial charge in [-0.3, -0.25) is 0 Å². The summed E-state index contributed by atoms with van der Waals surface area (Å²) in [6.07, 6.45) is 1.81. The molecule has 0 aliphatic rings. The maximum absolute atomic E-state index is 13.2. The summed E-state index contributed by atoms with van der Waals surface area (Å²) in [4.78, 5) is 11.2. The van der Waals surface area contributed by atoms with Crippen LogP contribution in [0.5, 0.6) is 0 Å². The first-order valence-corrected chi connectivity index (χ1v) is 6.69. The van der Waals surface area contributed by atoms with Gasteiger partial charge in [0.25, 0.3) is 0 Å². The van der Waals surface area contributed by atoms with E-state index in [1.165, 1.54) is 6.07 Å². The van der Waals surface area contributed by atoms with E-state index >= 15 is 0 Å². The predicted molar refractivity (Wildman–Crippen MR) is 79.4 cm³/mol. The summed E-state index contributed by atoms with van der Waals surface area (Å²) >= 11 is 5.78. The molecule has 0 saturated heterocycles. The van der Waals surface area contributed by atoms with Crippen molar-refractivity contribution in [2.24, 2.45) is 0 Å². The molecule has 3 aromatic rings. The number of fused-ring (bicyclic) bond motifs is 1. The zero-order valence-corrected chi connectivity index (χ0v) is 11.6. The van der Waals surface area contributed by atoms with Crippen molar-refractivity contribution >= 4 is 28.5 Å². The van der Waals surface area contributed by atoms with Crippen LogP contribution in [0.3, 0.4) is 0 Å². The number of hydrogen-bond donors (Lipinski definition) is 1. The Bertz CT molecular complexity index is 841. The second-order valence-electron chi connectivity index (χ2n) is 4.74. The van der Waals surface area contributed by atoms with Gasteiger partial charge in [0, 0.05) is 23.6 Å². The number of hydrogen-bond acceptors (Lipinski definition) is 1. The third kappa shape index (κ3) is 2.50. The molecular weight excluding hydrogens is 293 g/mol. The monoisotopic (exact) mass is 303 g/mol. The highest BCUT2D eigenvalue weighted by molar-refractivity contribution is 6.30. The molecule has 1 heterocycles. The summed E-state index contributed by atoms with van der Waals surface area (Å²) in [5.41, 5.74) is 1.93. The molecule has 1 aromatic heterocycles. The summed E-state index contributed by atoms with van der Waals surface area (Å²) in [6.45, 7) is 0.493. The predicted octanol–water partition coefficient (Wildman–Crippen LogP) is 4.18. The number of carboxylic acids is 1. The lowest BCUT2D eigenvalue weighted by molar-refractivity contribution is 0.0699. The molecule has 0 bridgehead atoms. The third-order valence-corrected chi connectivity index (χ3v) is 3.67. The smallest absolute Gasteiger partial charge is 0.336 e. The Hall–Kier alpha value is -2.33. The molecule has 0 spiro atoms. The van der Waals surface area contributed by atoms with Crippen LogP contribution in [0, 0.1) is 5.82 Å². The second kappa shape index (κ2) is 5.22. The van der Waals surface area contributed by atoms with E-state index in [9.17, 15) is 14.3 Å². The molecule has 0 amide bonds. The molecule has 0 fully saturated rings. The van der Waals surface area contributed by atoms with Crippen LogP contribution in [0.1, 0.15) is 15.9 Å². The molecule has 3 nitrogen and oxygen atoms in total. The van der Waals surface area contributed by atoms with Crippen LogP contribution in [0.4, 0.5) is 4.39 Å². The summed E-state index contributed by atoms with van der Waals surface area (Å²) in [5.74, 6) is -1.41. The molecule has 0 unspecified atom stereocenters. The maximum atomic E-state index is 13.2. The van der Waals surface area contributed by atoms with Crippen molar-refractivity contribution < 1.29 is 14.3 Å². The average molecular weight is 304 g/mol. The van der Waals surface area contributed by atoms with Crippen LogP contribution in [-0.4, -0.2) is 15.6 Å². The number of halogens is 2. The molecule has 21 heavy (non-hydrogen) atoms. The van der Waals surface area contributed by atoms with E-state index in [1.54, 1.807) is 30.3 Å². The lowest BCUT2D eigenvalue weighted by atomic mass is 10.1. The molecule has 0 aliphatic carbocycles. The number of nitrogens with zero attached hydrogens (tertiary/aromatic N) is 1. The minimum atomic E-state index is -0.955. The molecular formula is C16H11ClFNO2. The van der Waals surface area contributed by atoms with Crippen LogP contribution >= 0.6 is 11.6 Å². The Morgan fingerprint density at radius 1 is 1.24 bits per heavy atom. The SMILES string of the molecule is O=C(O)c1cccc2c1ccn2Cc1ccc(F)c(Cl)c1. The van der Waals surface area contributed by atoms with Crippen LogP contribution in [0.2, 0.25) is 5.02 Å². The van der Waals surface area contributed by atoms with E-state index in [4.69, 9.17) is 11.6 Å². The standard InChI is InChI=1S/C16H11ClFNO2/c17-13-8-10(4-5-14(13)18)9-19-7-6-11-12(16(20)21)2-1-3-15(11)19/h1-8H,9H2,(H,20,21). The molecule has 2 aromatic carbocycles. The first-order valence-electron chi connectivity index (χ1n) is 6.31. The fourth-order valence-electron chi connectivity index (χ4n) is 2.38. The van der Waals surface area contributed by atoms with Crippen molar-refractivity contribution in [3.05, 3.63) is 70.6 Å². The molecule has 106 valence electrons. The lowest BCUT2D eigenvalue weighted by Crippen LogP contribution is -2.00. The van der Waals surface area contributed by atoms with E-state index in [2.05, 4.69) is 0 Å². The first-order chi connectivity index (χ1) is 10.1. The highest BCUT2D eigenvalue weighted by Gasteiger charge is 2.11. The van der Waals surface area contributed by atoms with Crippen LogP contribution in [0.15, 0.2) is 48.7 Å². The Kier molecular flexibility index (Phi) is 3.39. The van der Waals surface area contributed by atoms with Gasteiger partial charge in [-0.1, -0.05) is 23.7 Å². The van der Waals surface area contributed by atoms with Crippen LogP contribution in [-0.2, 0) is 6.54 Å². The Balaban J connectivity index is 2.03. The van der Waals surface area contributed by atoms with Gasteiger partial charge < -0.3 is 9.67 Å². The Morgan fingerprint density at radius 3 is 2.76 bits per heavy atom. The molecule has 5 heteroatoms. The quantitative estimate of drug-likeness (QED) is 0.788. The highest BCUT2D eigenvalue weighted by Crippen LogP contribution is 2.23. The molecule has 1 N–H and O–H groups in total. The fourth-order valence-corrected chi connectivity index (χ4v) is 2.59. The van der Waals surface area contributed by atoms with Gasteiger partial charge in [-0.25, -0.2) is 9.18 Å². The molecule has 0 radical (unpaired) electrons. The lowest BCUT2D eigenvalue weighted by Gasteiger charge is -2.07. The first kappa shape index (κ1) is 13.6. The van der Waals surface area contributed by atoms with E-state index < -0.39 is 11.8 Å². The van der Waals surface area contributed by atoms with Gasteiger partial charge in [0.1, 0.15) is 5.82 Å².